The number of rotatable bonds is 6. The molecule has 2 aromatic carbocycles. The van der Waals surface area contributed by atoms with E-state index in [-0.39, 0.29) is 25.1 Å². The highest BCUT2D eigenvalue weighted by Gasteiger charge is 2.34. The Kier molecular flexibility index (Phi) is 9.62. The van der Waals surface area contributed by atoms with Crippen LogP contribution in [0.4, 0.5) is 0 Å². The van der Waals surface area contributed by atoms with E-state index in [0.717, 1.165) is 5.56 Å². The Labute approximate surface area is 238 Å². The number of amides is 4. The van der Waals surface area contributed by atoms with E-state index in [9.17, 15) is 19.2 Å². The maximum atomic E-state index is 13.4. The minimum atomic E-state index is -1.30. The van der Waals surface area contributed by atoms with E-state index in [0.29, 0.717) is 24.3 Å². The van der Waals surface area contributed by atoms with E-state index >= 15 is 0 Å². The predicted octanol–water partition coefficient (Wildman–Crippen LogP) is 1.34. The molecule has 0 saturated carbocycles. The van der Waals surface area contributed by atoms with Gasteiger partial charge in [-0.25, -0.2) is 0 Å². The first-order valence-electron chi connectivity index (χ1n) is 13.4. The molecule has 0 unspecified atom stereocenters. The van der Waals surface area contributed by atoms with E-state index in [2.05, 4.69) is 31.2 Å². The van der Waals surface area contributed by atoms with Crippen molar-refractivity contribution in [3.63, 3.8) is 0 Å². The van der Waals surface area contributed by atoms with E-state index in [1.807, 2.05) is 30.3 Å². The van der Waals surface area contributed by atoms with Crippen LogP contribution >= 0.6 is 0 Å². The van der Waals surface area contributed by atoms with Crippen molar-refractivity contribution in [2.24, 2.45) is 0 Å². The summed E-state index contributed by atoms with van der Waals surface area (Å²) in [6.45, 7) is 3.45. The van der Waals surface area contributed by atoms with Gasteiger partial charge in [-0.3, -0.25) is 29.1 Å². The van der Waals surface area contributed by atoms with E-state index in [1.54, 1.807) is 56.7 Å². The molecule has 11 heteroatoms. The standard InChI is InChI=1S/C30H34N6O5/c1-30(2)29(40)34-22(16-20-8-4-3-5-9-20)19-41-25-11-7-6-10-23(25)27(38)35-24(17-26(37)36-30)28(39)33-13-12-21-18-31-14-15-32-21/h3-11,14-15,18,22,24H,12-13,16-17,19H2,1-2H3,(H,33,39)(H,34,40)(H,35,38)(H,36,37)/t22-,24+/m1/s1. The van der Waals surface area contributed by atoms with Gasteiger partial charge in [0.15, 0.2) is 0 Å². The first kappa shape index (κ1) is 29.2. The van der Waals surface area contributed by atoms with Crippen LogP contribution in [0.15, 0.2) is 73.2 Å². The van der Waals surface area contributed by atoms with Gasteiger partial charge in [0.05, 0.1) is 23.7 Å². The first-order chi connectivity index (χ1) is 19.7. The van der Waals surface area contributed by atoms with Crippen LogP contribution in [0.2, 0.25) is 0 Å². The molecule has 0 radical (unpaired) electrons. The molecule has 2 heterocycles. The molecular weight excluding hydrogens is 524 g/mol. The SMILES string of the molecule is CC1(C)NC(=O)C[C@@H](C(=O)NCCc2cnccn2)NC(=O)c2ccccc2OC[C@@H](Cc2ccccc2)NC1=O. The van der Waals surface area contributed by atoms with Gasteiger partial charge in [0.2, 0.25) is 17.7 Å². The number of para-hydroxylation sites is 1. The number of carbonyl (C=O) groups is 4. The molecule has 2 atom stereocenters. The second-order valence-electron chi connectivity index (χ2n) is 10.3. The van der Waals surface area contributed by atoms with Crippen molar-refractivity contribution in [1.29, 1.82) is 0 Å². The van der Waals surface area contributed by atoms with E-state index in [1.165, 1.54) is 0 Å². The Hall–Kier alpha value is -4.80. The summed E-state index contributed by atoms with van der Waals surface area (Å²) in [5.74, 6) is -1.80. The van der Waals surface area contributed by atoms with Crippen LogP contribution in [-0.2, 0) is 27.2 Å². The summed E-state index contributed by atoms with van der Waals surface area (Å²) < 4.78 is 6.06. The number of ether oxygens (including phenoxy) is 1. The number of hydrogen-bond donors (Lipinski definition) is 4. The van der Waals surface area contributed by atoms with Crippen LogP contribution in [0.5, 0.6) is 5.75 Å². The number of benzene rings is 2. The Morgan fingerprint density at radius 2 is 1.78 bits per heavy atom. The number of hydrogen-bond acceptors (Lipinski definition) is 7. The van der Waals surface area contributed by atoms with Crippen LogP contribution in [-0.4, -0.2) is 64.4 Å². The molecule has 0 spiro atoms. The zero-order valence-corrected chi connectivity index (χ0v) is 23.1. The normalized spacial score (nSPS) is 19.3. The monoisotopic (exact) mass is 558 g/mol. The molecule has 0 aliphatic carbocycles. The zero-order chi connectivity index (χ0) is 29.2. The molecule has 1 aliphatic heterocycles. The maximum absolute atomic E-state index is 13.4. The van der Waals surface area contributed by atoms with Crippen molar-refractivity contribution in [2.75, 3.05) is 13.2 Å². The zero-order valence-electron chi connectivity index (χ0n) is 23.1. The summed E-state index contributed by atoms with van der Waals surface area (Å²) in [5.41, 5.74) is 0.575. The van der Waals surface area contributed by atoms with E-state index in [4.69, 9.17) is 4.74 Å². The van der Waals surface area contributed by atoms with Gasteiger partial charge in [-0.05, 0) is 38.0 Å². The van der Waals surface area contributed by atoms with Crippen molar-refractivity contribution in [3.05, 3.63) is 90.0 Å². The number of nitrogens with one attached hydrogen (secondary N) is 4. The molecule has 41 heavy (non-hydrogen) atoms. The van der Waals surface area contributed by atoms with Crippen molar-refractivity contribution in [1.82, 2.24) is 31.2 Å². The lowest BCUT2D eigenvalue weighted by Crippen LogP contribution is -2.59. The minimum absolute atomic E-state index is 0.0707. The van der Waals surface area contributed by atoms with E-state index < -0.39 is 41.3 Å². The highest BCUT2D eigenvalue weighted by molar-refractivity contribution is 6.01. The molecule has 214 valence electrons. The fourth-order valence-electron chi connectivity index (χ4n) is 4.37. The smallest absolute Gasteiger partial charge is 0.255 e. The first-order valence-corrected chi connectivity index (χ1v) is 13.4. The second-order valence-corrected chi connectivity index (χ2v) is 10.3. The van der Waals surface area contributed by atoms with Crippen molar-refractivity contribution in [3.8, 4) is 5.75 Å². The summed E-state index contributed by atoms with van der Waals surface area (Å²) in [6, 6.07) is 14.6. The second kappa shape index (κ2) is 13.5. The lowest BCUT2D eigenvalue weighted by Gasteiger charge is -2.30. The Bertz CT molecular complexity index is 1370. The topological polar surface area (TPSA) is 151 Å². The van der Waals surface area contributed by atoms with Gasteiger partial charge < -0.3 is 26.0 Å². The predicted molar refractivity (Wildman–Crippen MR) is 151 cm³/mol. The third kappa shape index (κ3) is 8.34. The van der Waals surface area contributed by atoms with Crippen LogP contribution in [0.3, 0.4) is 0 Å². The Morgan fingerprint density at radius 3 is 2.54 bits per heavy atom. The molecular formula is C30H34N6O5. The molecule has 11 nitrogen and oxygen atoms in total. The maximum Gasteiger partial charge on any atom is 0.255 e. The van der Waals surface area contributed by atoms with Gasteiger partial charge in [-0.2, -0.15) is 0 Å². The summed E-state index contributed by atoms with van der Waals surface area (Å²) in [4.78, 5) is 61.0. The molecule has 3 aromatic rings. The molecule has 4 amide bonds. The van der Waals surface area contributed by atoms with Crippen LogP contribution < -0.4 is 26.0 Å². The molecule has 4 N–H and O–H groups in total. The van der Waals surface area contributed by atoms with Gasteiger partial charge in [-0.1, -0.05) is 42.5 Å². The molecule has 0 bridgehead atoms. The molecule has 0 saturated heterocycles. The number of aromatic nitrogens is 2. The Morgan fingerprint density at radius 1 is 1.02 bits per heavy atom. The van der Waals surface area contributed by atoms with Gasteiger partial charge in [-0.15, -0.1) is 0 Å². The van der Waals surface area contributed by atoms with Crippen molar-refractivity contribution >= 4 is 23.6 Å². The van der Waals surface area contributed by atoms with Crippen LogP contribution in [0.25, 0.3) is 0 Å². The minimum Gasteiger partial charge on any atom is -0.491 e. The summed E-state index contributed by atoms with van der Waals surface area (Å²) >= 11 is 0. The highest BCUT2D eigenvalue weighted by Crippen LogP contribution is 2.20. The summed E-state index contributed by atoms with van der Waals surface area (Å²) in [7, 11) is 0. The third-order valence-electron chi connectivity index (χ3n) is 6.56. The fraction of sp³-hybridized carbons (Fsp3) is 0.333. The van der Waals surface area contributed by atoms with Crippen LogP contribution in [0, 0.1) is 0 Å². The molecule has 0 fully saturated rings. The van der Waals surface area contributed by atoms with Crippen molar-refractivity contribution in [2.45, 2.75) is 50.7 Å². The highest BCUT2D eigenvalue weighted by atomic mass is 16.5. The molecule has 4 rings (SSSR count). The van der Waals surface area contributed by atoms with Gasteiger partial charge in [0.1, 0.15) is 23.9 Å². The lowest BCUT2D eigenvalue weighted by atomic mass is 10.0. The van der Waals surface area contributed by atoms with Gasteiger partial charge >= 0.3 is 0 Å². The van der Waals surface area contributed by atoms with Crippen LogP contribution in [0.1, 0.15) is 41.9 Å². The largest absolute Gasteiger partial charge is 0.491 e. The quantitative estimate of drug-likeness (QED) is 0.356. The summed E-state index contributed by atoms with van der Waals surface area (Å²) in [6.07, 6.45) is 5.22. The third-order valence-corrected chi connectivity index (χ3v) is 6.56. The van der Waals surface area contributed by atoms with Crippen molar-refractivity contribution < 1.29 is 23.9 Å². The Balaban J connectivity index is 1.56. The molecule has 1 aliphatic rings. The number of carbonyl (C=O) groups excluding carboxylic acids is 4. The van der Waals surface area contributed by atoms with Gasteiger partial charge in [0, 0.05) is 31.6 Å². The van der Waals surface area contributed by atoms with Gasteiger partial charge in [0.25, 0.3) is 5.91 Å². The average molecular weight is 559 g/mol. The fourth-order valence-corrected chi connectivity index (χ4v) is 4.37. The number of fused-ring (bicyclic) bond motifs is 1. The number of nitrogens with zero attached hydrogens (tertiary/aromatic N) is 2. The summed E-state index contributed by atoms with van der Waals surface area (Å²) in [5, 5.41) is 11.1. The lowest BCUT2D eigenvalue weighted by molar-refractivity contribution is -0.134. The molecule has 1 aromatic heterocycles. The average Bonchev–Trinajstić information content (AvgIpc) is 2.96.